The standard InChI is InChI=1S/C19H32N2O3/c1-12-6-5-7-13(8-12)11-20-17(22)16-10-14-9-15(14)21(16)18(23)24-19(2,3)4/h12-16H,5-11H2,1-4H3,(H,20,22)/t12?,13?,14-,15-,16+/m1/s1. The molecule has 0 aromatic heterocycles. The summed E-state index contributed by atoms with van der Waals surface area (Å²) in [6.45, 7) is 8.64. The molecule has 3 rings (SSSR count). The van der Waals surface area contributed by atoms with E-state index in [0.717, 1.165) is 25.3 Å². The summed E-state index contributed by atoms with van der Waals surface area (Å²) in [5.74, 6) is 1.84. The van der Waals surface area contributed by atoms with Crippen molar-refractivity contribution in [1.29, 1.82) is 0 Å². The van der Waals surface area contributed by atoms with Crippen molar-refractivity contribution in [2.24, 2.45) is 17.8 Å². The highest BCUT2D eigenvalue weighted by molar-refractivity contribution is 5.87. The van der Waals surface area contributed by atoms with E-state index in [9.17, 15) is 9.59 Å². The van der Waals surface area contributed by atoms with Gasteiger partial charge in [-0.2, -0.15) is 0 Å². The van der Waals surface area contributed by atoms with Crippen molar-refractivity contribution >= 4 is 12.0 Å². The van der Waals surface area contributed by atoms with Gasteiger partial charge in [-0.3, -0.25) is 9.69 Å². The topological polar surface area (TPSA) is 58.6 Å². The minimum absolute atomic E-state index is 0.00582. The van der Waals surface area contributed by atoms with E-state index in [2.05, 4.69) is 12.2 Å². The van der Waals surface area contributed by atoms with Gasteiger partial charge in [0.25, 0.3) is 0 Å². The Morgan fingerprint density at radius 2 is 1.92 bits per heavy atom. The highest BCUT2D eigenvalue weighted by Gasteiger charge is 2.57. The molecule has 0 radical (unpaired) electrons. The average Bonchev–Trinajstić information content (AvgIpc) is 3.13. The van der Waals surface area contributed by atoms with Crippen LogP contribution in [0.5, 0.6) is 0 Å². The number of nitrogens with zero attached hydrogens (tertiary/aromatic N) is 1. The van der Waals surface area contributed by atoms with Crippen molar-refractivity contribution in [3.63, 3.8) is 0 Å². The zero-order valence-electron chi connectivity index (χ0n) is 15.5. The molecule has 1 aliphatic heterocycles. The summed E-state index contributed by atoms with van der Waals surface area (Å²) in [5.41, 5.74) is -0.524. The lowest BCUT2D eigenvalue weighted by Crippen LogP contribution is -2.50. The Balaban J connectivity index is 1.54. The summed E-state index contributed by atoms with van der Waals surface area (Å²) < 4.78 is 5.51. The summed E-state index contributed by atoms with van der Waals surface area (Å²) in [6, 6.07) is -0.130. The van der Waals surface area contributed by atoms with Gasteiger partial charge >= 0.3 is 6.09 Å². The van der Waals surface area contributed by atoms with Gasteiger partial charge < -0.3 is 10.1 Å². The molecule has 5 heteroatoms. The molecular weight excluding hydrogens is 304 g/mol. The maximum Gasteiger partial charge on any atom is 0.411 e. The van der Waals surface area contributed by atoms with E-state index in [0.29, 0.717) is 11.8 Å². The molecule has 0 aromatic carbocycles. The van der Waals surface area contributed by atoms with Crippen molar-refractivity contribution in [2.75, 3.05) is 6.54 Å². The van der Waals surface area contributed by atoms with Crippen molar-refractivity contribution in [2.45, 2.75) is 83.9 Å². The van der Waals surface area contributed by atoms with Gasteiger partial charge in [-0.1, -0.05) is 19.8 Å². The van der Waals surface area contributed by atoms with Crippen LogP contribution in [0.3, 0.4) is 0 Å². The summed E-state index contributed by atoms with van der Waals surface area (Å²) in [7, 11) is 0. The molecule has 24 heavy (non-hydrogen) atoms. The first-order chi connectivity index (χ1) is 11.2. The highest BCUT2D eigenvalue weighted by Crippen LogP contribution is 2.48. The number of hydrogen-bond donors (Lipinski definition) is 1. The zero-order valence-corrected chi connectivity index (χ0v) is 15.5. The van der Waals surface area contributed by atoms with Gasteiger partial charge in [-0.25, -0.2) is 4.79 Å². The van der Waals surface area contributed by atoms with Crippen LogP contribution in [0.1, 0.15) is 66.2 Å². The minimum atomic E-state index is -0.524. The van der Waals surface area contributed by atoms with Crippen LogP contribution in [0.25, 0.3) is 0 Å². The highest BCUT2D eigenvalue weighted by atomic mass is 16.6. The monoisotopic (exact) mass is 336 g/mol. The first-order valence-corrected chi connectivity index (χ1v) is 9.53. The zero-order chi connectivity index (χ0) is 17.5. The van der Waals surface area contributed by atoms with E-state index >= 15 is 0 Å². The number of rotatable bonds is 3. The first-order valence-electron chi connectivity index (χ1n) is 9.53. The number of fused-ring (bicyclic) bond motifs is 1. The number of likely N-dealkylation sites (tertiary alicyclic amines) is 1. The van der Waals surface area contributed by atoms with Crippen LogP contribution in [0, 0.1) is 17.8 Å². The Morgan fingerprint density at radius 1 is 1.17 bits per heavy atom. The third kappa shape index (κ3) is 4.04. The lowest BCUT2D eigenvalue weighted by atomic mass is 9.82. The molecule has 3 aliphatic rings. The number of carbonyl (C=O) groups is 2. The summed E-state index contributed by atoms with van der Waals surface area (Å²) in [6.07, 6.45) is 6.45. The SMILES string of the molecule is CC1CCCC(CNC(=O)[C@@H]2C[C@H]3C[C@H]3N2C(=O)OC(C)(C)C)C1. The van der Waals surface area contributed by atoms with Crippen LogP contribution >= 0.6 is 0 Å². The number of nitrogens with one attached hydrogen (secondary N) is 1. The second kappa shape index (κ2) is 6.57. The fourth-order valence-electron chi connectivity index (χ4n) is 4.38. The van der Waals surface area contributed by atoms with Crippen LogP contribution in [-0.2, 0) is 9.53 Å². The van der Waals surface area contributed by atoms with E-state index in [-0.39, 0.29) is 24.1 Å². The van der Waals surface area contributed by atoms with E-state index < -0.39 is 5.60 Å². The van der Waals surface area contributed by atoms with Crippen LogP contribution in [0.4, 0.5) is 4.79 Å². The number of piperidine rings is 1. The predicted molar refractivity (Wildman–Crippen MR) is 92.5 cm³/mol. The smallest absolute Gasteiger partial charge is 0.411 e. The van der Waals surface area contributed by atoms with Gasteiger partial charge in [-0.15, -0.1) is 0 Å². The van der Waals surface area contributed by atoms with Crippen molar-refractivity contribution < 1.29 is 14.3 Å². The largest absolute Gasteiger partial charge is 0.444 e. The average molecular weight is 336 g/mol. The molecule has 1 heterocycles. The van der Waals surface area contributed by atoms with E-state index in [1.807, 2.05) is 20.8 Å². The van der Waals surface area contributed by atoms with Crippen LogP contribution in [-0.4, -0.2) is 41.1 Å². The molecule has 0 bridgehead atoms. The Labute approximate surface area is 145 Å². The molecule has 3 fully saturated rings. The van der Waals surface area contributed by atoms with Crippen LogP contribution in [0.2, 0.25) is 0 Å². The lowest BCUT2D eigenvalue weighted by Gasteiger charge is -2.31. The van der Waals surface area contributed by atoms with Gasteiger partial charge in [-0.05, 0) is 64.2 Å². The molecule has 0 aromatic rings. The normalized spacial score (nSPS) is 35.3. The summed E-state index contributed by atoms with van der Waals surface area (Å²) >= 11 is 0. The Morgan fingerprint density at radius 3 is 2.58 bits per heavy atom. The Hall–Kier alpha value is -1.26. The molecule has 5 atom stereocenters. The summed E-state index contributed by atoms with van der Waals surface area (Å²) in [4.78, 5) is 26.8. The third-order valence-electron chi connectivity index (χ3n) is 5.62. The quantitative estimate of drug-likeness (QED) is 0.860. The number of amides is 2. The molecule has 2 amide bonds. The van der Waals surface area contributed by atoms with Gasteiger partial charge in [0.15, 0.2) is 0 Å². The van der Waals surface area contributed by atoms with Gasteiger partial charge in [0.1, 0.15) is 11.6 Å². The molecule has 5 nitrogen and oxygen atoms in total. The maximum absolute atomic E-state index is 12.7. The molecule has 136 valence electrons. The lowest BCUT2D eigenvalue weighted by molar-refractivity contribution is -0.126. The Kier molecular flexibility index (Phi) is 4.80. The number of carbonyl (C=O) groups excluding carboxylic acids is 2. The molecule has 0 spiro atoms. The second-order valence-corrected chi connectivity index (χ2v) is 9.09. The molecule has 2 unspecified atom stereocenters. The minimum Gasteiger partial charge on any atom is -0.444 e. The predicted octanol–water partition coefficient (Wildman–Crippen LogP) is 3.33. The van der Waals surface area contributed by atoms with Crippen molar-refractivity contribution in [1.82, 2.24) is 10.2 Å². The second-order valence-electron chi connectivity index (χ2n) is 9.09. The Bertz CT molecular complexity index is 499. The van der Waals surface area contributed by atoms with Crippen molar-refractivity contribution in [3.05, 3.63) is 0 Å². The van der Waals surface area contributed by atoms with Crippen molar-refractivity contribution in [3.8, 4) is 0 Å². The van der Waals surface area contributed by atoms with Gasteiger partial charge in [0.2, 0.25) is 5.91 Å². The molecule has 1 N–H and O–H groups in total. The van der Waals surface area contributed by atoms with E-state index in [4.69, 9.17) is 4.74 Å². The fraction of sp³-hybridized carbons (Fsp3) is 0.895. The molecule has 2 aliphatic carbocycles. The van der Waals surface area contributed by atoms with Gasteiger partial charge in [0, 0.05) is 12.6 Å². The fourth-order valence-corrected chi connectivity index (χ4v) is 4.38. The first kappa shape index (κ1) is 17.6. The molecular formula is C19H32N2O3. The van der Waals surface area contributed by atoms with Crippen LogP contribution < -0.4 is 5.32 Å². The van der Waals surface area contributed by atoms with E-state index in [1.54, 1.807) is 4.90 Å². The van der Waals surface area contributed by atoms with Crippen LogP contribution in [0.15, 0.2) is 0 Å². The summed E-state index contributed by atoms with van der Waals surface area (Å²) in [5, 5.41) is 3.12. The maximum atomic E-state index is 12.7. The molecule has 1 saturated heterocycles. The molecule has 2 saturated carbocycles. The third-order valence-corrected chi connectivity index (χ3v) is 5.62. The van der Waals surface area contributed by atoms with Gasteiger partial charge in [0.05, 0.1) is 0 Å². The van der Waals surface area contributed by atoms with E-state index in [1.165, 1.54) is 25.7 Å². The number of ether oxygens (including phenoxy) is 1. The number of hydrogen-bond acceptors (Lipinski definition) is 3.